The topological polar surface area (TPSA) is 60.9 Å². The van der Waals surface area contributed by atoms with Gasteiger partial charge in [0.15, 0.2) is 0 Å². The highest BCUT2D eigenvalue weighted by atomic mass is 32.2. The molecule has 2 aromatic rings. The third-order valence-electron chi connectivity index (χ3n) is 5.76. The van der Waals surface area contributed by atoms with E-state index in [9.17, 15) is 13.2 Å². The van der Waals surface area contributed by atoms with Gasteiger partial charge in [0.2, 0.25) is 15.9 Å². The first-order valence-electron chi connectivity index (χ1n) is 10.1. The summed E-state index contributed by atoms with van der Waals surface area (Å²) in [7, 11) is -3.48. The summed E-state index contributed by atoms with van der Waals surface area (Å²) in [4.78, 5) is 17.2. The average Bonchev–Trinajstić information content (AvgIpc) is 2.74. The lowest BCUT2D eigenvalue weighted by Crippen LogP contribution is -2.52. The quantitative estimate of drug-likeness (QED) is 0.772. The molecule has 0 atom stereocenters. The predicted molar refractivity (Wildman–Crippen MR) is 113 cm³/mol. The molecule has 2 aliphatic heterocycles. The molecule has 0 bridgehead atoms. The monoisotopic (exact) mass is 413 g/mol. The number of fused-ring (bicyclic) bond motifs is 1. The van der Waals surface area contributed by atoms with Gasteiger partial charge in [-0.25, -0.2) is 8.42 Å². The van der Waals surface area contributed by atoms with Gasteiger partial charge in [0.05, 0.1) is 11.4 Å². The van der Waals surface area contributed by atoms with Crippen LogP contribution in [0.1, 0.15) is 17.5 Å². The van der Waals surface area contributed by atoms with Crippen molar-refractivity contribution in [2.75, 3.05) is 44.2 Å². The molecule has 6 nitrogen and oxygen atoms in total. The zero-order valence-corrected chi connectivity index (χ0v) is 17.6. The molecule has 0 N–H and O–H groups in total. The van der Waals surface area contributed by atoms with Crippen LogP contribution >= 0.6 is 0 Å². The number of carbonyl (C=O) groups is 1. The number of hydrogen-bond acceptors (Lipinski definition) is 4. The molecule has 2 aliphatic rings. The van der Waals surface area contributed by atoms with Crippen LogP contribution in [0.25, 0.3) is 0 Å². The summed E-state index contributed by atoms with van der Waals surface area (Å²) in [6.07, 6.45) is 1.99. The lowest BCUT2D eigenvalue weighted by molar-refractivity contribution is -0.120. The molecule has 0 spiro atoms. The number of aryl methyl sites for hydroxylation is 2. The van der Waals surface area contributed by atoms with Crippen molar-refractivity contribution in [3.05, 3.63) is 59.7 Å². The fourth-order valence-corrected chi connectivity index (χ4v) is 5.48. The second-order valence-electron chi connectivity index (χ2n) is 7.77. The van der Waals surface area contributed by atoms with Crippen LogP contribution in [-0.4, -0.2) is 62.8 Å². The first kappa shape index (κ1) is 20.1. The number of carbonyl (C=O) groups excluding carboxylic acids is 1. The van der Waals surface area contributed by atoms with Crippen molar-refractivity contribution >= 4 is 21.6 Å². The number of para-hydroxylation sites is 1. The summed E-state index contributed by atoms with van der Waals surface area (Å²) in [6, 6.07) is 15.0. The number of rotatable bonds is 4. The Morgan fingerprint density at radius 3 is 2.34 bits per heavy atom. The Morgan fingerprint density at radius 1 is 0.931 bits per heavy atom. The molecule has 1 fully saturated rings. The summed E-state index contributed by atoms with van der Waals surface area (Å²) in [5, 5.41) is 0. The minimum absolute atomic E-state index is 0.0898. The molecule has 0 aliphatic carbocycles. The third kappa shape index (κ3) is 4.22. The van der Waals surface area contributed by atoms with Crippen LogP contribution in [0.4, 0.5) is 5.69 Å². The molecule has 0 unspecified atom stereocenters. The lowest BCUT2D eigenvalue weighted by Gasteiger charge is -2.36. The maximum atomic E-state index is 12.9. The molecule has 7 heteroatoms. The van der Waals surface area contributed by atoms with Gasteiger partial charge >= 0.3 is 0 Å². The standard InChI is InChI=1S/C22H27N3O3S/c1-18-8-10-20(11-9-18)29(27,28)24-15-13-23(14-16-24)17-22(26)25-12-4-6-19-5-2-3-7-21(19)25/h2-3,5,7-11H,4,6,12-17H2,1H3. The van der Waals surface area contributed by atoms with E-state index < -0.39 is 10.0 Å². The Labute approximate surface area is 172 Å². The Kier molecular flexibility index (Phi) is 5.72. The first-order chi connectivity index (χ1) is 13.9. The van der Waals surface area contributed by atoms with Crippen molar-refractivity contribution in [1.82, 2.24) is 9.21 Å². The van der Waals surface area contributed by atoms with Crippen LogP contribution < -0.4 is 4.90 Å². The molecule has 29 heavy (non-hydrogen) atoms. The molecular formula is C22H27N3O3S. The van der Waals surface area contributed by atoms with Crippen molar-refractivity contribution in [2.24, 2.45) is 0 Å². The Bertz CT molecular complexity index is 981. The third-order valence-corrected chi connectivity index (χ3v) is 7.67. The van der Waals surface area contributed by atoms with Gasteiger partial charge < -0.3 is 4.90 Å². The van der Waals surface area contributed by atoms with Crippen molar-refractivity contribution in [2.45, 2.75) is 24.7 Å². The summed E-state index contributed by atoms with van der Waals surface area (Å²) in [6.45, 7) is 4.94. The molecule has 1 amide bonds. The number of amides is 1. The zero-order valence-electron chi connectivity index (χ0n) is 16.8. The van der Waals surface area contributed by atoms with Gasteiger partial charge in [-0.1, -0.05) is 35.9 Å². The number of piperazine rings is 1. The van der Waals surface area contributed by atoms with E-state index in [1.807, 2.05) is 42.2 Å². The number of hydrogen-bond donors (Lipinski definition) is 0. The molecule has 2 heterocycles. The van der Waals surface area contributed by atoms with E-state index in [0.29, 0.717) is 37.6 Å². The molecule has 0 aromatic heterocycles. The number of nitrogens with zero attached hydrogens (tertiary/aromatic N) is 3. The van der Waals surface area contributed by atoms with Gasteiger partial charge in [0.1, 0.15) is 0 Å². The van der Waals surface area contributed by atoms with Crippen LogP contribution in [0.15, 0.2) is 53.4 Å². The van der Waals surface area contributed by atoms with E-state index in [1.54, 1.807) is 12.1 Å². The number of benzene rings is 2. The fraction of sp³-hybridized carbons (Fsp3) is 0.409. The van der Waals surface area contributed by atoms with Gasteiger partial charge in [-0.15, -0.1) is 0 Å². The SMILES string of the molecule is Cc1ccc(S(=O)(=O)N2CCN(CC(=O)N3CCCc4ccccc43)CC2)cc1. The second kappa shape index (κ2) is 8.26. The Balaban J connectivity index is 1.37. The number of anilines is 1. The molecule has 154 valence electrons. The van der Waals surface area contributed by atoms with Crippen molar-refractivity contribution < 1.29 is 13.2 Å². The fourth-order valence-electron chi connectivity index (χ4n) is 4.06. The van der Waals surface area contributed by atoms with E-state index >= 15 is 0 Å². The van der Waals surface area contributed by atoms with Gasteiger partial charge in [0, 0.05) is 38.4 Å². The van der Waals surface area contributed by atoms with Crippen LogP contribution in [0.2, 0.25) is 0 Å². The second-order valence-corrected chi connectivity index (χ2v) is 9.71. The lowest BCUT2D eigenvalue weighted by atomic mass is 10.0. The minimum atomic E-state index is -3.48. The zero-order chi connectivity index (χ0) is 20.4. The minimum Gasteiger partial charge on any atom is -0.311 e. The van der Waals surface area contributed by atoms with E-state index in [-0.39, 0.29) is 5.91 Å². The van der Waals surface area contributed by atoms with Crippen molar-refractivity contribution in [3.63, 3.8) is 0 Å². The maximum Gasteiger partial charge on any atom is 0.243 e. The summed E-state index contributed by atoms with van der Waals surface area (Å²) >= 11 is 0. The molecule has 1 saturated heterocycles. The predicted octanol–water partition coefficient (Wildman–Crippen LogP) is 2.28. The van der Waals surface area contributed by atoms with Crippen LogP contribution in [0.5, 0.6) is 0 Å². The smallest absolute Gasteiger partial charge is 0.243 e. The van der Waals surface area contributed by atoms with Crippen LogP contribution in [-0.2, 0) is 21.2 Å². The Hall–Kier alpha value is -2.22. The summed E-state index contributed by atoms with van der Waals surface area (Å²) in [5.41, 5.74) is 3.28. The van der Waals surface area contributed by atoms with Crippen LogP contribution in [0, 0.1) is 6.92 Å². The molecule has 0 radical (unpaired) electrons. The molecular weight excluding hydrogens is 386 g/mol. The van der Waals surface area contributed by atoms with Gasteiger partial charge in [-0.3, -0.25) is 9.69 Å². The average molecular weight is 414 g/mol. The van der Waals surface area contributed by atoms with E-state index in [2.05, 4.69) is 11.0 Å². The molecule has 4 rings (SSSR count). The largest absolute Gasteiger partial charge is 0.311 e. The van der Waals surface area contributed by atoms with E-state index in [1.165, 1.54) is 9.87 Å². The first-order valence-corrected chi connectivity index (χ1v) is 11.6. The molecule has 2 aromatic carbocycles. The van der Waals surface area contributed by atoms with E-state index in [0.717, 1.165) is 30.6 Å². The normalized spacial score (nSPS) is 18.4. The molecule has 0 saturated carbocycles. The van der Waals surface area contributed by atoms with Crippen molar-refractivity contribution in [1.29, 1.82) is 0 Å². The van der Waals surface area contributed by atoms with E-state index in [4.69, 9.17) is 0 Å². The van der Waals surface area contributed by atoms with Crippen molar-refractivity contribution in [3.8, 4) is 0 Å². The highest BCUT2D eigenvalue weighted by molar-refractivity contribution is 7.89. The summed E-state index contributed by atoms with van der Waals surface area (Å²) < 4.78 is 27.2. The summed E-state index contributed by atoms with van der Waals surface area (Å²) in [5.74, 6) is 0.0898. The van der Waals surface area contributed by atoms with Gasteiger partial charge in [-0.2, -0.15) is 4.31 Å². The highest BCUT2D eigenvalue weighted by Crippen LogP contribution is 2.27. The highest BCUT2D eigenvalue weighted by Gasteiger charge is 2.30. The Morgan fingerprint density at radius 2 is 1.62 bits per heavy atom. The van der Waals surface area contributed by atoms with Gasteiger partial charge in [0.25, 0.3) is 0 Å². The van der Waals surface area contributed by atoms with Crippen LogP contribution in [0.3, 0.4) is 0 Å². The maximum absolute atomic E-state index is 12.9. The number of sulfonamides is 1. The van der Waals surface area contributed by atoms with Gasteiger partial charge in [-0.05, 0) is 43.5 Å².